The van der Waals surface area contributed by atoms with E-state index in [1.54, 1.807) is 0 Å². The van der Waals surface area contributed by atoms with Gasteiger partial charge in [-0.1, -0.05) is 11.6 Å². The minimum Gasteiger partial charge on any atom is -0.479 e. The molecule has 12 heteroatoms. The van der Waals surface area contributed by atoms with Crippen LogP contribution >= 0.6 is 11.6 Å². The van der Waals surface area contributed by atoms with Gasteiger partial charge in [0.05, 0.1) is 15.5 Å². The predicted octanol–water partition coefficient (Wildman–Crippen LogP) is 3.69. The fraction of sp³-hybridized carbons (Fsp3) is 0.125. The van der Waals surface area contributed by atoms with Crippen molar-refractivity contribution in [2.45, 2.75) is 12.3 Å². The Bertz CT molecular complexity index is 962. The second-order valence-electron chi connectivity index (χ2n) is 5.29. The van der Waals surface area contributed by atoms with Gasteiger partial charge < -0.3 is 14.9 Å². The lowest BCUT2D eigenvalue weighted by Crippen LogP contribution is -2.30. The fourth-order valence-electron chi connectivity index (χ4n) is 2.08. The van der Waals surface area contributed by atoms with E-state index >= 15 is 0 Å². The number of carboxylic acid groups (broad SMARTS) is 1. The number of hydrogen-bond donors (Lipinski definition) is 2. The number of ether oxygens (including phenoxy) is 1. The van der Waals surface area contributed by atoms with Gasteiger partial charge in [-0.05, 0) is 30.3 Å². The smallest absolute Gasteiger partial charge is 0.416 e. The molecule has 148 valence electrons. The molecule has 0 amide bonds. The van der Waals surface area contributed by atoms with Gasteiger partial charge in [0.25, 0.3) is 5.69 Å². The molecule has 0 radical (unpaired) electrons. The quantitative estimate of drug-likeness (QED) is 0.316. The molecule has 28 heavy (non-hydrogen) atoms. The number of aliphatic hydroxyl groups is 1. The number of alkyl halides is 3. The van der Waals surface area contributed by atoms with Crippen LogP contribution in [-0.4, -0.2) is 33.0 Å². The molecule has 2 N–H and O–H groups in total. The number of aliphatic hydroxyl groups excluding tert-OH is 1. The first kappa shape index (κ1) is 21.1. The molecule has 1 atom stereocenters. The molecule has 2 aromatic rings. The number of hydrogen-bond acceptors (Lipinski definition) is 6. The van der Waals surface area contributed by atoms with Crippen molar-refractivity contribution < 1.29 is 42.6 Å². The third kappa shape index (κ3) is 4.56. The van der Waals surface area contributed by atoms with Gasteiger partial charge in [0.15, 0.2) is 0 Å². The Kier molecular flexibility index (Phi) is 5.90. The molecule has 8 nitrogen and oxygen atoms in total. The van der Waals surface area contributed by atoms with E-state index in [-0.39, 0.29) is 11.5 Å². The Morgan fingerprint density at radius 1 is 1.18 bits per heavy atom. The van der Waals surface area contributed by atoms with Crippen LogP contribution < -0.4 is 4.74 Å². The highest BCUT2D eigenvalue weighted by atomic mass is 35.5. The van der Waals surface area contributed by atoms with Crippen LogP contribution in [0.1, 0.15) is 15.9 Å². The van der Waals surface area contributed by atoms with Crippen molar-refractivity contribution >= 4 is 29.0 Å². The number of carboxylic acids is 1. The molecule has 0 aliphatic carbocycles. The largest absolute Gasteiger partial charge is 0.479 e. The van der Waals surface area contributed by atoms with Crippen molar-refractivity contribution in [3.05, 3.63) is 62.7 Å². The number of aliphatic carboxylic acids is 1. The van der Waals surface area contributed by atoms with E-state index in [4.69, 9.17) is 21.4 Å². The van der Waals surface area contributed by atoms with Crippen LogP contribution in [-0.2, 0) is 11.0 Å². The number of ketones is 1. The average molecular weight is 420 g/mol. The number of nitro groups is 1. The van der Waals surface area contributed by atoms with E-state index in [1.807, 2.05) is 0 Å². The summed E-state index contributed by atoms with van der Waals surface area (Å²) in [6.45, 7) is 0. The molecular weight excluding hydrogens is 411 g/mol. The molecule has 0 spiro atoms. The summed E-state index contributed by atoms with van der Waals surface area (Å²) < 4.78 is 43.2. The SMILES string of the molecule is O=C(O)C(O)C(=O)c1cc(Oc2ccc(C(F)(F)F)cc2Cl)ccc1[N+](=O)[O-]. The van der Waals surface area contributed by atoms with Crippen LogP contribution in [0.15, 0.2) is 36.4 Å². The number of nitro benzene ring substituents is 1. The molecule has 0 heterocycles. The summed E-state index contributed by atoms with van der Waals surface area (Å²) in [6, 6.07) is 4.81. The normalized spacial score (nSPS) is 12.3. The molecule has 2 aromatic carbocycles. The first-order chi connectivity index (χ1) is 12.9. The summed E-state index contributed by atoms with van der Waals surface area (Å²) in [5.74, 6) is -3.89. The van der Waals surface area contributed by atoms with Crippen LogP contribution in [0.2, 0.25) is 5.02 Å². The second kappa shape index (κ2) is 7.82. The van der Waals surface area contributed by atoms with Crippen LogP contribution in [0, 0.1) is 10.1 Å². The Labute approximate surface area is 158 Å². The van der Waals surface area contributed by atoms with Crippen molar-refractivity contribution in [2.24, 2.45) is 0 Å². The van der Waals surface area contributed by atoms with Gasteiger partial charge in [-0.3, -0.25) is 14.9 Å². The maximum Gasteiger partial charge on any atom is 0.416 e. The second-order valence-corrected chi connectivity index (χ2v) is 5.69. The van der Waals surface area contributed by atoms with E-state index in [0.29, 0.717) is 12.1 Å². The summed E-state index contributed by atoms with van der Waals surface area (Å²) in [5, 5.41) is 28.6. The van der Waals surface area contributed by atoms with E-state index in [2.05, 4.69) is 0 Å². The maximum absolute atomic E-state index is 12.7. The summed E-state index contributed by atoms with van der Waals surface area (Å²) >= 11 is 5.74. The molecule has 0 aliphatic rings. The van der Waals surface area contributed by atoms with E-state index in [0.717, 1.165) is 24.3 Å². The summed E-state index contributed by atoms with van der Waals surface area (Å²) in [4.78, 5) is 32.8. The van der Waals surface area contributed by atoms with Crippen molar-refractivity contribution in [1.29, 1.82) is 0 Å². The van der Waals surface area contributed by atoms with Gasteiger partial charge in [0.1, 0.15) is 17.1 Å². The molecule has 0 aliphatic heterocycles. The highest BCUT2D eigenvalue weighted by molar-refractivity contribution is 6.32. The van der Waals surface area contributed by atoms with Gasteiger partial charge in [-0.2, -0.15) is 13.2 Å². The molecule has 1 unspecified atom stereocenters. The zero-order chi connectivity index (χ0) is 21.2. The van der Waals surface area contributed by atoms with Gasteiger partial charge in [0, 0.05) is 6.07 Å². The predicted molar refractivity (Wildman–Crippen MR) is 87.6 cm³/mol. The number of carbonyl (C=O) groups excluding carboxylic acids is 1. The lowest BCUT2D eigenvalue weighted by molar-refractivity contribution is -0.385. The van der Waals surface area contributed by atoms with E-state index < -0.39 is 50.8 Å². The van der Waals surface area contributed by atoms with Crippen LogP contribution in [0.25, 0.3) is 0 Å². The topological polar surface area (TPSA) is 127 Å². The molecule has 0 bridgehead atoms. The molecule has 2 rings (SSSR count). The lowest BCUT2D eigenvalue weighted by atomic mass is 10.0. The monoisotopic (exact) mass is 419 g/mol. The van der Waals surface area contributed by atoms with Gasteiger partial charge in [-0.25, -0.2) is 4.79 Å². The molecule has 0 aromatic heterocycles. The fourth-order valence-corrected chi connectivity index (χ4v) is 2.30. The summed E-state index contributed by atoms with van der Waals surface area (Å²) in [7, 11) is 0. The molecular formula is C16H9ClF3NO7. The highest BCUT2D eigenvalue weighted by Crippen LogP contribution is 2.37. The Hall–Kier alpha value is -3.18. The third-order valence-electron chi connectivity index (χ3n) is 3.40. The first-order valence-electron chi connectivity index (χ1n) is 7.20. The number of halogens is 4. The third-order valence-corrected chi connectivity index (χ3v) is 3.69. The van der Waals surface area contributed by atoms with Crippen molar-refractivity contribution in [1.82, 2.24) is 0 Å². The van der Waals surface area contributed by atoms with Gasteiger partial charge >= 0.3 is 12.1 Å². The number of nitrogens with zero attached hydrogens (tertiary/aromatic N) is 1. The van der Waals surface area contributed by atoms with E-state index in [9.17, 15) is 38.0 Å². The molecule has 0 saturated carbocycles. The highest BCUT2D eigenvalue weighted by Gasteiger charge is 2.32. The number of carbonyl (C=O) groups is 2. The zero-order valence-electron chi connectivity index (χ0n) is 13.4. The molecule has 0 fully saturated rings. The lowest BCUT2D eigenvalue weighted by Gasteiger charge is -2.12. The van der Waals surface area contributed by atoms with Gasteiger partial charge in [0.2, 0.25) is 11.9 Å². The standard InChI is InChI=1S/C16H9ClF3NO7/c17-10-5-7(16(18,19)20)1-4-12(10)28-8-2-3-11(21(26)27)9(6-8)13(22)14(23)15(24)25/h1-6,14,23H,(H,24,25). The van der Waals surface area contributed by atoms with Crippen LogP contribution in [0.4, 0.5) is 18.9 Å². The van der Waals surface area contributed by atoms with Crippen LogP contribution in [0.3, 0.4) is 0 Å². The van der Waals surface area contributed by atoms with Crippen molar-refractivity contribution in [2.75, 3.05) is 0 Å². The average Bonchev–Trinajstić information content (AvgIpc) is 2.60. The van der Waals surface area contributed by atoms with Crippen molar-refractivity contribution in [3.63, 3.8) is 0 Å². The van der Waals surface area contributed by atoms with Gasteiger partial charge in [-0.15, -0.1) is 0 Å². The maximum atomic E-state index is 12.7. The Morgan fingerprint density at radius 3 is 2.32 bits per heavy atom. The molecule has 0 saturated heterocycles. The van der Waals surface area contributed by atoms with Crippen molar-refractivity contribution in [3.8, 4) is 11.5 Å². The zero-order valence-corrected chi connectivity index (χ0v) is 14.2. The first-order valence-corrected chi connectivity index (χ1v) is 7.57. The Balaban J connectivity index is 2.43. The number of rotatable bonds is 6. The van der Waals surface area contributed by atoms with E-state index in [1.165, 1.54) is 0 Å². The summed E-state index contributed by atoms with van der Waals surface area (Å²) in [6.07, 6.45) is -7.19. The van der Waals surface area contributed by atoms with Crippen LogP contribution in [0.5, 0.6) is 11.5 Å². The summed E-state index contributed by atoms with van der Waals surface area (Å²) in [5.41, 5.74) is -2.59. The number of benzene rings is 2. The minimum atomic E-state index is -4.64. The Morgan fingerprint density at radius 2 is 1.82 bits per heavy atom. The number of Topliss-reactive ketones (excluding diaryl/α,β-unsaturated/α-hetero) is 1. The minimum absolute atomic E-state index is 0.249.